The molecule has 1 saturated carbocycles. The van der Waals surface area contributed by atoms with Crippen molar-refractivity contribution in [2.45, 2.75) is 65.7 Å². The van der Waals surface area contributed by atoms with E-state index in [0.29, 0.717) is 29.6 Å². The quantitative estimate of drug-likeness (QED) is 0.598. The molecule has 3 rings (SSSR count). The molecule has 1 aromatic rings. The maximum Gasteiger partial charge on any atom is 0.306 e. The molecule has 29 heavy (non-hydrogen) atoms. The van der Waals surface area contributed by atoms with E-state index < -0.39 is 11.4 Å². The van der Waals surface area contributed by atoms with Gasteiger partial charge in [0.25, 0.3) is 5.56 Å². The van der Waals surface area contributed by atoms with Crippen molar-refractivity contribution in [3.63, 3.8) is 0 Å². The van der Waals surface area contributed by atoms with Crippen LogP contribution in [0.3, 0.4) is 0 Å². The van der Waals surface area contributed by atoms with Crippen molar-refractivity contribution in [3.8, 4) is 0 Å². The minimum absolute atomic E-state index is 0.174. The number of hydrogen-bond donors (Lipinski definition) is 4. The van der Waals surface area contributed by atoms with Crippen molar-refractivity contribution in [2.75, 3.05) is 17.2 Å². The molecular weight excluding hydrogens is 372 g/mol. The van der Waals surface area contributed by atoms with Gasteiger partial charge in [-0.2, -0.15) is 4.98 Å². The van der Waals surface area contributed by atoms with Crippen LogP contribution in [0, 0.1) is 23.2 Å². The van der Waals surface area contributed by atoms with Crippen molar-refractivity contribution < 1.29 is 14.7 Å². The van der Waals surface area contributed by atoms with Gasteiger partial charge in [0.2, 0.25) is 11.9 Å². The van der Waals surface area contributed by atoms with E-state index in [0.717, 1.165) is 45.1 Å². The lowest BCUT2D eigenvalue weighted by Gasteiger charge is -2.29. The molecule has 0 spiro atoms. The number of amides is 1. The Morgan fingerprint density at radius 3 is 2.41 bits per heavy atom. The summed E-state index contributed by atoms with van der Waals surface area (Å²) in [4.78, 5) is 42.8. The van der Waals surface area contributed by atoms with Crippen LogP contribution in [0.1, 0.15) is 64.9 Å². The molecule has 8 heteroatoms. The number of nitrogens with one attached hydrogen (secondary N) is 3. The van der Waals surface area contributed by atoms with E-state index in [-0.39, 0.29) is 23.3 Å². The van der Waals surface area contributed by atoms with Crippen LogP contribution in [0.2, 0.25) is 0 Å². The van der Waals surface area contributed by atoms with E-state index >= 15 is 0 Å². The molecule has 8 nitrogen and oxygen atoms in total. The highest BCUT2D eigenvalue weighted by Crippen LogP contribution is 2.33. The van der Waals surface area contributed by atoms with Crippen molar-refractivity contribution in [3.05, 3.63) is 15.9 Å². The number of carboxylic acid groups (broad SMARTS) is 1. The fourth-order valence-electron chi connectivity index (χ4n) is 4.16. The smallest absolute Gasteiger partial charge is 0.306 e. The SMILES string of the molecule is CC(C)(C)C(=O)Nc1nc2c(c(=O)[nH]1)CC(CCC1CCC(C(=O)O)CC1)CN2. The van der Waals surface area contributed by atoms with E-state index in [1.165, 1.54) is 0 Å². The van der Waals surface area contributed by atoms with Crippen LogP contribution in [0.15, 0.2) is 4.79 Å². The molecule has 0 saturated heterocycles. The number of anilines is 2. The average Bonchev–Trinajstić information content (AvgIpc) is 2.66. The molecule has 160 valence electrons. The Balaban J connectivity index is 1.55. The Kier molecular flexibility index (Phi) is 6.29. The first-order valence-electron chi connectivity index (χ1n) is 10.5. The first-order chi connectivity index (χ1) is 13.6. The minimum atomic E-state index is -0.665. The second kappa shape index (κ2) is 8.55. The lowest BCUT2D eigenvalue weighted by atomic mass is 9.78. The molecule has 1 atom stereocenters. The lowest BCUT2D eigenvalue weighted by molar-refractivity contribution is -0.143. The number of carboxylic acids is 1. The van der Waals surface area contributed by atoms with Crippen LogP contribution in [0.4, 0.5) is 11.8 Å². The molecule has 1 amide bonds. The van der Waals surface area contributed by atoms with E-state index in [4.69, 9.17) is 5.11 Å². The van der Waals surface area contributed by atoms with Gasteiger partial charge in [0.1, 0.15) is 5.82 Å². The van der Waals surface area contributed by atoms with Gasteiger partial charge in [-0.25, -0.2) is 0 Å². The number of aromatic amines is 1. The second-order valence-corrected chi connectivity index (χ2v) is 9.53. The van der Waals surface area contributed by atoms with Crippen molar-refractivity contribution in [1.29, 1.82) is 0 Å². The van der Waals surface area contributed by atoms with E-state index in [1.54, 1.807) is 20.8 Å². The number of carbonyl (C=O) groups excluding carboxylic acids is 1. The first-order valence-corrected chi connectivity index (χ1v) is 10.5. The predicted molar refractivity (Wildman–Crippen MR) is 111 cm³/mol. The number of fused-ring (bicyclic) bond motifs is 1. The molecule has 4 N–H and O–H groups in total. The molecule has 2 aliphatic rings. The third-order valence-electron chi connectivity index (χ3n) is 6.16. The Bertz CT molecular complexity index is 819. The molecule has 2 heterocycles. The van der Waals surface area contributed by atoms with Gasteiger partial charge in [-0.1, -0.05) is 27.2 Å². The van der Waals surface area contributed by atoms with Gasteiger partial charge >= 0.3 is 5.97 Å². The number of hydrogen-bond acceptors (Lipinski definition) is 5. The summed E-state index contributed by atoms with van der Waals surface area (Å²) in [7, 11) is 0. The molecule has 1 aliphatic carbocycles. The highest BCUT2D eigenvalue weighted by atomic mass is 16.4. The lowest BCUT2D eigenvalue weighted by Crippen LogP contribution is -2.33. The van der Waals surface area contributed by atoms with Crippen LogP contribution in [-0.4, -0.2) is 33.5 Å². The summed E-state index contributed by atoms with van der Waals surface area (Å²) in [5.41, 5.74) is -0.140. The van der Waals surface area contributed by atoms with E-state index in [1.807, 2.05) is 0 Å². The summed E-state index contributed by atoms with van der Waals surface area (Å²) < 4.78 is 0. The largest absolute Gasteiger partial charge is 0.481 e. The van der Waals surface area contributed by atoms with Gasteiger partial charge in [-0.3, -0.25) is 24.7 Å². The molecular formula is C21H32N4O4. The zero-order valence-corrected chi connectivity index (χ0v) is 17.5. The van der Waals surface area contributed by atoms with Crippen LogP contribution < -0.4 is 16.2 Å². The van der Waals surface area contributed by atoms with Gasteiger partial charge in [-0.15, -0.1) is 0 Å². The number of aromatic nitrogens is 2. The van der Waals surface area contributed by atoms with Crippen molar-refractivity contribution in [2.24, 2.45) is 23.2 Å². The molecule has 1 aromatic heterocycles. The zero-order chi connectivity index (χ0) is 21.2. The summed E-state index contributed by atoms with van der Waals surface area (Å²) in [6, 6.07) is 0. The predicted octanol–water partition coefficient (Wildman–Crippen LogP) is 3.01. The van der Waals surface area contributed by atoms with Gasteiger partial charge in [-0.05, 0) is 50.4 Å². The summed E-state index contributed by atoms with van der Waals surface area (Å²) in [5, 5.41) is 15.0. The third kappa shape index (κ3) is 5.36. The topological polar surface area (TPSA) is 124 Å². The number of H-pyrrole nitrogens is 1. The number of carbonyl (C=O) groups is 2. The highest BCUT2D eigenvalue weighted by molar-refractivity contribution is 5.93. The van der Waals surface area contributed by atoms with Crippen molar-refractivity contribution >= 4 is 23.6 Å². The number of nitrogens with zero attached hydrogens (tertiary/aromatic N) is 1. The van der Waals surface area contributed by atoms with Crippen molar-refractivity contribution in [1.82, 2.24) is 9.97 Å². The van der Waals surface area contributed by atoms with Crippen LogP contribution in [0.5, 0.6) is 0 Å². The summed E-state index contributed by atoms with van der Waals surface area (Å²) in [6.45, 7) is 6.15. The molecule has 0 bridgehead atoms. The summed E-state index contributed by atoms with van der Waals surface area (Å²) >= 11 is 0. The first kappa shape index (κ1) is 21.3. The maximum absolute atomic E-state index is 12.5. The highest BCUT2D eigenvalue weighted by Gasteiger charge is 2.28. The van der Waals surface area contributed by atoms with Gasteiger partial charge in [0.05, 0.1) is 11.5 Å². The minimum Gasteiger partial charge on any atom is -0.481 e. The fourth-order valence-corrected chi connectivity index (χ4v) is 4.16. The van der Waals surface area contributed by atoms with Gasteiger partial charge < -0.3 is 10.4 Å². The normalized spacial score (nSPS) is 24.3. The Morgan fingerprint density at radius 2 is 1.79 bits per heavy atom. The summed E-state index contributed by atoms with van der Waals surface area (Å²) in [6.07, 6.45) is 6.26. The monoisotopic (exact) mass is 404 g/mol. The third-order valence-corrected chi connectivity index (χ3v) is 6.16. The van der Waals surface area contributed by atoms with E-state index in [2.05, 4.69) is 20.6 Å². The maximum atomic E-state index is 12.5. The van der Waals surface area contributed by atoms with Crippen LogP contribution in [-0.2, 0) is 16.0 Å². The number of aliphatic carboxylic acids is 1. The Morgan fingerprint density at radius 1 is 1.14 bits per heavy atom. The van der Waals surface area contributed by atoms with Gasteiger partial charge in [0.15, 0.2) is 0 Å². The average molecular weight is 405 g/mol. The molecule has 0 radical (unpaired) electrons. The Labute approximate surface area is 170 Å². The second-order valence-electron chi connectivity index (χ2n) is 9.53. The Hall–Kier alpha value is -2.38. The standard InChI is InChI=1S/C21H32N4O4/c1-21(2,3)19(29)25-20-23-16-15(17(26)24-20)10-13(11-22-16)5-4-12-6-8-14(9-7-12)18(27)28/h12-14H,4-11H2,1-3H3,(H,27,28)(H3,22,23,24,25,26,29). The van der Waals surface area contributed by atoms with Crippen LogP contribution >= 0.6 is 0 Å². The zero-order valence-electron chi connectivity index (χ0n) is 17.5. The molecule has 1 unspecified atom stereocenters. The van der Waals surface area contributed by atoms with Crippen LogP contribution in [0.25, 0.3) is 0 Å². The number of rotatable bonds is 5. The fraction of sp³-hybridized carbons (Fsp3) is 0.714. The molecule has 1 aliphatic heterocycles. The van der Waals surface area contributed by atoms with E-state index in [9.17, 15) is 14.4 Å². The molecule has 1 fully saturated rings. The van der Waals surface area contributed by atoms with Gasteiger partial charge in [0, 0.05) is 12.0 Å². The summed E-state index contributed by atoms with van der Waals surface area (Å²) in [5.74, 6) is 0.627. The molecule has 0 aromatic carbocycles.